The number of nitrogens with one attached hydrogen (secondary N) is 1. The molecular formula is C13H11N5O2. The number of hydrogen-bond donors (Lipinski definition) is 2. The zero-order valence-electron chi connectivity index (χ0n) is 10.7. The van der Waals surface area contributed by atoms with Gasteiger partial charge in [0.15, 0.2) is 0 Å². The summed E-state index contributed by atoms with van der Waals surface area (Å²) in [6, 6.07) is 6.63. The summed E-state index contributed by atoms with van der Waals surface area (Å²) >= 11 is 0. The van der Waals surface area contributed by atoms with Crippen molar-refractivity contribution in [3.8, 4) is 6.07 Å². The van der Waals surface area contributed by atoms with Gasteiger partial charge in [0.1, 0.15) is 17.5 Å². The minimum Gasteiger partial charge on any atom is -0.477 e. The highest BCUT2D eigenvalue weighted by Gasteiger charge is 2.05. The fraction of sp³-hybridized carbons (Fsp3) is 0.154. The molecule has 0 bridgehead atoms. The molecule has 0 saturated heterocycles. The number of anilines is 1. The van der Waals surface area contributed by atoms with E-state index in [9.17, 15) is 4.79 Å². The third-order valence-corrected chi connectivity index (χ3v) is 2.46. The molecule has 0 aliphatic carbocycles. The average Bonchev–Trinajstić information content (AvgIpc) is 2.45. The standard InChI is InChI=1S/C13H11N5O2/c1-8-4-10(5-14)18-13(17-8)16-7-9-2-3-11(12(19)20)15-6-9/h2-4,6H,7H2,1H3,(H,19,20)(H,16,17,18). The number of aromatic carboxylic acids is 1. The van der Waals surface area contributed by atoms with Gasteiger partial charge in [0.25, 0.3) is 0 Å². The van der Waals surface area contributed by atoms with Crippen molar-refractivity contribution in [1.29, 1.82) is 5.26 Å². The van der Waals surface area contributed by atoms with Crippen molar-refractivity contribution in [2.75, 3.05) is 5.32 Å². The van der Waals surface area contributed by atoms with Crippen molar-refractivity contribution in [3.63, 3.8) is 0 Å². The molecule has 20 heavy (non-hydrogen) atoms. The molecule has 0 amide bonds. The minimum absolute atomic E-state index is 0.00711. The number of carbonyl (C=O) groups is 1. The molecule has 0 radical (unpaired) electrons. The second-order valence-corrected chi connectivity index (χ2v) is 4.04. The first-order chi connectivity index (χ1) is 9.58. The van der Waals surface area contributed by atoms with Crippen LogP contribution in [-0.2, 0) is 6.54 Å². The Kier molecular flexibility index (Phi) is 3.86. The summed E-state index contributed by atoms with van der Waals surface area (Å²) in [4.78, 5) is 22.6. The van der Waals surface area contributed by atoms with E-state index in [1.54, 1.807) is 19.1 Å². The highest BCUT2D eigenvalue weighted by Crippen LogP contribution is 2.07. The Labute approximate surface area is 115 Å². The predicted octanol–water partition coefficient (Wildman–Crippen LogP) is 1.36. The summed E-state index contributed by atoms with van der Waals surface area (Å²) in [5.74, 6) is -0.714. The molecule has 2 aromatic heterocycles. The molecule has 0 atom stereocenters. The van der Waals surface area contributed by atoms with Gasteiger partial charge in [-0.1, -0.05) is 6.07 Å². The number of carboxylic acids is 1. The zero-order chi connectivity index (χ0) is 14.5. The first-order valence-corrected chi connectivity index (χ1v) is 5.76. The normalized spacial score (nSPS) is 9.80. The fourth-order valence-corrected chi connectivity index (χ4v) is 1.54. The van der Waals surface area contributed by atoms with E-state index in [1.165, 1.54) is 12.3 Å². The molecule has 0 aliphatic heterocycles. The Balaban J connectivity index is 2.07. The number of carboxylic acid groups (broad SMARTS) is 1. The number of hydrogen-bond acceptors (Lipinski definition) is 6. The highest BCUT2D eigenvalue weighted by molar-refractivity contribution is 5.85. The fourth-order valence-electron chi connectivity index (χ4n) is 1.54. The molecule has 0 aromatic carbocycles. The van der Waals surface area contributed by atoms with E-state index in [0.717, 1.165) is 5.56 Å². The summed E-state index contributed by atoms with van der Waals surface area (Å²) < 4.78 is 0. The van der Waals surface area contributed by atoms with Gasteiger partial charge >= 0.3 is 5.97 Å². The third-order valence-electron chi connectivity index (χ3n) is 2.46. The summed E-state index contributed by atoms with van der Waals surface area (Å²) in [6.07, 6.45) is 1.47. The van der Waals surface area contributed by atoms with Crippen LogP contribution in [0.2, 0.25) is 0 Å². The second-order valence-electron chi connectivity index (χ2n) is 4.04. The van der Waals surface area contributed by atoms with Gasteiger partial charge in [0.2, 0.25) is 5.95 Å². The van der Waals surface area contributed by atoms with E-state index in [-0.39, 0.29) is 5.69 Å². The van der Waals surface area contributed by atoms with E-state index in [0.29, 0.717) is 23.9 Å². The Hall–Kier alpha value is -3.01. The van der Waals surface area contributed by atoms with Crippen molar-refractivity contribution < 1.29 is 9.90 Å². The van der Waals surface area contributed by atoms with Crippen LogP contribution in [0.5, 0.6) is 0 Å². The van der Waals surface area contributed by atoms with Crippen LogP contribution >= 0.6 is 0 Å². The Morgan fingerprint density at radius 3 is 2.85 bits per heavy atom. The van der Waals surface area contributed by atoms with Gasteiger partial charge in [-0.05, 0) is 24.6 Å². The summed E-state index contributed by atoms with van der Waals surface area (Å²) in [7, 11) is 0. The Morgan fingerprint density at radius 1 is 1.45 bits per heavy atom. The monoisotopic (exact) mass is 269 g/mol. The van der Waals surface area contributed by atoms with E-state index in [4.69, 9.17) is 10.4 Å². The summed E-state index contributed by atoms with van der Waals surface area (Å²) in [5, 5.41) is 20.5. The lowest BCUT2D eigenvalue weighted by molar-refractivity contribution is 0.0690. The highest BCUT2D eigenvalue weighted by atomic mass is 16.4. The van der Waals surface area contributed by atoms with Gasteiger partial charge in [-0.25, -0.2) is 19.7 Å². The first kappa shape index (κ1) is 13.4. The Bertz CT molecular complexity index is 676. The maximum absolute atomic E-state index is 10.7. The number of aromatic nitrogens is 3. The van der Waals surface area contributed by atoms with Crippen LogP contribution in [0.4, 0.5) is 5.95 Å². The van der Waals surface area contributed by atoms with Crippen LogP contribution < -0.4 is 5.32 Å². The molecule has 2 N–H and O–H groups in total. The van der Waals surface area contributed by atoms with Crippen LogP contribution in [0.1, 0.15) is 27.4 Å². The van der Waals surface area contributed by atoms with Crippen LogP contribution in [0, 0.1) is 18.3 Å². The third kappa shape index (κ3) is 3.26. The Morgan fingerprint density at radius 2 is 2.25 bits per heavy atom. The lowest BCUT2D eigenvalue weighted by Crippen LogP contribution is -2.07. The molecule has 7 nitrogen and oxygen atoms in total. The molecule has 100 valence electrons. The molecule has 2 aromatic rings. The topological polar surface area (TPSA) is 112 Å². The van der Waals surface area contributed by atoms with E-state index in [1.807, 2.05) is 6.07 Å². The molecule has 0 saturated carbocycles. The van der Waals surface area contributed by atoms with Crippen molar-refractivity contribution >= 4 is 11.9 Å². The van der Waals surface area contributed by atoms with Crippen molar-refractivity contribution in [1.82, 2.24) is 15.0 Å². The van der Waals surface area contributed by atoms with Gasteiger partial charge in [-0.15, -0.1) is 0 Å². The van der Waals surface area contributed by atoms with Crippen LogP contribution in [0.25, 0.3) is 0 Å². The quantitative estimate of drug-likeness (QED) is 0.861. The van der Waals surface area contributed by atoms with Gasteiger partial charge in [-0.2, -0.15) is 5.26 Å². The summed E-state index contributed by atoms with van der Waals surface area (Å²) in [6.45, 7) is 2.16. The maximum atomic E-state index is 10.7. The molecule has 2 rings (SSSR count). The molecule has 0 spiro atoms. The number of nitriles is 1. The van der Waals surface area contributed by atoms with Gasteiger partial charge in [-0.3, -0.25) is 0 Å². The average molecular weight is 269 g/mol. The molecule has 7 heteroatoms. The zero-order valence-corrected chi connectivity index (χ0v) is 10.7. The van der Waals surface area contributed by atoms with Crippen molar-refractivity contribution in [2.24, 2.45) is 0 Å². The number of aryl methyl sites for hydroxylation is 1. The van der Waals surface area contributed by atoms with E-state index >= 15 is 0 Å². The first-order valence-electron chi connectivity index (χ1n) is 5.76. The molecule has 0 unspecified atom stereocenters. The maximum Gasteiger partial charge on any atom is 0.354 e. The predicted molar refractivity (Wildman–Crippen MR) is 70.0 cm³/mol. The molecule has 2 heterocycles. The van der Waals surface area contributed by atoms with Crippen molar-refractivity contribution in [2.45, 2.75) is 13.5 Å². The lowest BCUT2D eigenvalue weighted by atomic mass is 10.2. The van der Waals surface area contributed by atoms with Gasteiger partial charge in [0, 0.05) is 18.4 Å². The van der Waals surface area contributed by atoms with E-state index in [2.05, 4.69) is 20.3 Å². The summed E-state index contributed by atoms with van der Waals surface area (Å²) in [5.41, 5.74) is 1.77. The largest absolute Gasteiger partial charge is 0.477 e. The van der Waals surface area contributed by atoms with Crippen LogP contribution in [0.3, 0.4) is 0 Å². The van der Waals surface area contributed by atoms with Gasteiger partial charge < -0.3 is 10.4 Å². The number of nitrogens with zero attached hydrogens (tertiary/aromatic N) is 4. The van der Waals surface area contributed by atoms with Crippen molar-refractivity contribution in [3.05, 3.63) is 47.0 Å². The lowest BCUT2D eigenvalue weighted by Gasteiger charge is -2.06. The van der Waals surface area contributed by atoms with Crippen LogP contribution in [0.15, 0.2) is 24.4 Å². The molecular weight excluding hydrogens is 258 g/mol. The SMILES string of the molecule is Cc1cc(C#N)nc(NCc2ccc(C(=O)O)nc2)n1. The van der Waals surface area contributed by atoms with E-state index < -0.39 is 5.97 Å². The minimum atomic E-state index is -1.06. The van der Waals surface area contributed by atoms with Gasteiger partial charge in [0.05, 0.1) is 0 Å². The second kappa shape index (κ2) is 5.75. The number of rotatable bonds is 4. The smallest absolute Gasteiger partial charge is 0.354 e. The van der Waals surface area contributed by atoms with Crippen LogP contribution in [-0.4, -0.2) is 26.0 Å². The molecule has 0 aliphatic rings. The molecule has 0 fully saturated rings. The number of pyridine rings is 1.